The van der Waals surface area contributed by atoms with E-state index in [1.54, 1.807) is 13.1 Å². The summed E-state index contributed by atoms with van der Waals surface area (Å²) in [6, 6.07) is -0.0564. The van der Waals surface area contributed by atoms with Crippen LogP contribution in [0, 0.1) is 6.92 Å². The van der Waals surface area contributed by atoms with E-state index < -0.39 is 10.0 Å². The molecule has 1 aromatic heterocycles. The molecule has 1 fully saturated rings. The third-order valence-corrected chi connectivity index (χ3v) is 4.82. The number of sulfonamides is 1. The van der Waals surface area contributed by atoms with Crippen molar-refractivity contribution >= 4 is 22.4 Å². The van der Waals surface area contributed by atoms with Gasteiger partial charge in [0.1, 0.15) is 5.82 Å². The van der Waals surface area contributed by atoms with Crippen molar-refractivity contribution in [2.75, 3.05) is 13.1 Å². The summed E-state index contributed by atoms with van der Waals surface area (Å²) in [6.45, 7) is 5.35. The molecule has 104 valence electrons. The van der Waals surface area contributed by atoms with Gasteiger partial charge in [-0.1, -0.05) is 0 Å². The van der Waals surface area contributed by atoms with Crippen molar-refractivity contribution in [2.45, 2.75) is 37.9 Å². The molecule has 0 unspecified atom stereocenters. The molecule has 6 nitrogen and oxygen atoms in total. The van der Waals surface area contributed by atoms with Gasteiger partial charge in [0.15, 0.2) is 5.03 Å². The Kier molecular flexibility index (Phi) is 4.77. The van der Waals surface area contributed by atoms with Crippen LogP contribution >= 0.6 is 12.4 Å². The molecule has 18 heavy (non-hydrogen) atoms. The zero-order valence-electron chi connectivity index (χ0n) is 10.5. The van der Waals surface area contributed by atoms with Crippen molar-refractivity contribution in [3.63, 3.8) is 0 Å². The Morgan fingerprint density at radius 1 is 1.56 bits per heavy atom. The standard InChI is InChI=1S/C10H18N4O2S.ClH/c1-3-13-7-10(12-8(13)2)17(15,16)14-5-4-9(11)6-14;/h7,9H,3-6,11H2,1-2H3;1H/t9-;/m1./s1. The highest BCUT2D eigenvalue weighted by atomic mass is 35.5. The van der Waals surface area contributed by atoms with E-state index in [9.17, 15) is 8.42 Å². The molecule has 2 N–H and O–H groups in total. The quantitative estimate of drug-likeness (QED) is 0.872. The van der Waals surface area contributed by atoms with Crippen molar-refractivity contribution in [1.29, 1.82) is 0 Å². The van der Waals surface area contributed by atoms with Crippen molar-refractivity contribution in [3.05, 3.63) is 12.0 Å². The summed E-state index contributed by atoms with van der Waals surface area (Å²) in [5.41, 5.74) is 5.73. The number of nitrogens with zero attached hydrogens (tertiary/aromatic N) is 3. The zero-order valence-corrected chi connectivity index (χ0v) is 12.2. The molecule has 1 aliphatic rings. The minimum atomic E-state index is -3.46. The lowest BCUT2D eigenvalue weighted by Gasteiger charge is -2.13. The Labute approximate surface area is 114 Å². The van der Waals surface area contributed by atoms with Crippen molar-refractivity contribution in [1.82, 2.24) is 13.9 Å². The van der Waals surface area contributed by atoms with Gasteiger partial charge in [0.25, 0.3) is 10.0 Å². The van der Waals surface area contributed by atoms with Crippen LogP contribution in [-0.4, -0.2) is 41.4 Å². The first-order valence-corrected chi connectivity index (χ1v) is 7.18. The fourth-order valence-corrected chi connectivity index (χ4v) is 3.53. The van der Waals surface area contributed by atoms with Gasteiger partial charge in [0.2, 0.25) is 0 Å². The first kappa shape index (κ1) is 15.4. The predicted octanol–water partition coefficient (Wildman–Crippen LogP) is 0.355. The Morgan fingerprint density at radius 3 is 2.67 bits per heavy atom. The average molecular weight is 295 g/mol. The summed E-state index contributed by atoms with van der Waals surface area (Å²) in [5, 5.41) is 0.131. The van der Waals surface area contributed by atoms with E-state index >= 15 is 0 Å². The van der Waals surface area contributed by atoms with Crippen LogP contribution in [0.2, 0.25) is 0 Å². The second kappa shape index (κ2) is 5.56. The summed E-state index contributed by atoms with van der Waals surface area (Å²) < 4.78 is 27.8. The van der Waals surface area contributed by atoms with Crippen LogP contribution in [0.25, 0.3) is 0 Å². The van der Waals surface area contributed by atoms with Gasteiger partial charge >= 0.3 is 0 Å². The first-order valence-electron chi connectivity index (χ1n) is 5.74. The first-order chi connectivity index (χ1) is 7.95. The van der Waals surface area contributed by atoms with E-state index in [4.69, 9.17) is 5.73 Å². The number of rotatable bonds is 3. The molecule has 1 saturated heterocycles. The molecule has 1 aliphatic heterocycles. The highest BCUT2D eigenvalue weighted by Gasteiger charge is 2.32. The third kappa shape index (κ3) is 2.69. The van der Waals surface area contributed by atoms with Gasteiger partial charge in [-0.3, -0.25) is 0 Å². The summed E-state index contributed by atoms with van der Waals surface area (Å²) in [5.74, 6) is 0.717. The predicted molar refractivity (Wildman–Crippen MR) is 71.2 cm³/mol. The SMILES string of the molecule is CCn1cc(S(=O)(=O)N2CC[C@@H](N)C2)nc1C.Cl. The van der Waals surface area contributed by atoms with Gasteiger partial charge in [-0.15, -0.1) is 12.4 Å². The Morgan fingerprint density at radius 2 is 2.22 bits per heavy atom. The van der Waals surface area contributed by atoms with E-state index in [0.29, 0.717) is 26.1 Å². The van der Waals surface area contributed by atoms with E-state index in [0.717, 1.165) is 5.82 Å². The largest absolute Gasteiger partial charge is 0.334 e. The summed E-state index contributed by atoms with van der Waals surface area (Å²) in [6.07, 6.45) is 2.31. The molecule has 2 rings (SSSR count). The van der Waals surface area contributed by atoms with Crippen molar-refractivity contribution in [2.24, 2.45) is 5.73 Å². The maximum absolute atomic E-state index is 12.3. The zero-order chi connectivity index (χ0) is 12.6. The molecule has 1 aromatic rings. The van der Waals surface area contributed by atoms with Crippen LogP contribution in [0.15, 0.2) is 11.2 Å². The maximum atomic E-state index is 12.3. The second-order valence-electron chi connectivity index (χ2n) is 4.32. The Bertz CT molecular complexity index is 514. The van der Waals surface area contributed by atoms with Crippen LogP contribution in [0.1, 0.15) is 19.2 Å². The highest BCUT2D eigenvalue weighted by Crippen LogP contribution is 2.19. The smallest absolute Gasteiger partial charge is 0.262 e. The van der Waals surface area contributed by atoms with Gasteiger partial charge in [0, 0.05) is 31.9 Å². The Balaban J connectivity index is 0.00000162. The normalized spacial score (nSPS) is 20.9. The number of imidazole rings is 1. The minimum Gasteiger partial charge on any atom is -0.334 e. The lowest BCUT2D eigenvalue weighted by atomic mass is 10.3. The van der Waals surface area contributed by atoms with Gasteiger partial charge in [0.05, 0.1) is 0 Å². The highest BCUT2D eigenvalue weighted by molar-refractivity contribution is 7.89. The lowest BCUT2D eigenvalue weighted by molar-refractivity contribution is 0.469. The molecule has 8 heteroatoms. The second-order valence-corrected chi connectivity index (χ2v) is 6.21. The van der Waals surface area contributed by atoms with Gasteiger partial charge in [-0.2, -0.15) is 4.31 Å². The molecule has 2 heterocycles. The number of hydrogen-bond donors (Lipinski definition) is 1. The van der Waals surface area contributed by atoms with Gasteiger partial charge in [-0.25, -0.2) is 13.4 Å². The molecule has 0 spiro atoms. The van der Waals surface area contributed by atoms with E-state index in [-0.39, 0.29) is 23.5 Å². The molecule has 0 aliphatic carbocycles. The molecule has 1 atom stereocenters. The van der Waals surface area contributed by atoms with Gasteiger partial charge in [-0.05, 0) is 20.3 Å². The maximum Gasteiger partial charge on any atom is 0.262 e. The summed E-state index contributed by atoms with van der Waals surface area (Å²) >= 11 is 0. The number of aromatic nitrogens is 2. The van der Waals surface area contributed by atoms with E-state index in [2.05, 4.69) is 4.98 Å². The van der Waals surface area contributed by atoms with Crippen LogP contribution in [0.4, 0.5) is 0 Å². The molecule has 0 bridgehead atoms. The molecule has 0 saturated carbocycles. The summed E-state index contributed by atoms with van der Waals surface area (Å²) in [7, 11) is -3.46. The molecule has 0 radical (unpaired) electrons. The molecular formula is C10H19ClN4O2S. The fraction of sp³-hybridized carbons (Fsp3) is 0.700. The summed E-state index contributed by atoms with van der Waals surface area (Å²) in [4.78, 5) is 4.12. The lowest BCUT2D eigenvalue weighted by Crippen LogP contribution is -2.32. The minimum absolute atomic E-state index is 0. The third-order valence-electron chi connectivity index (χ3n) is 3.09. The van der Waals surface area contributed by atoms with Crippen LogP contribution in [0.3, 0.4) is 0 Å². The van der Waals surface area contributed by atoms with Gasteiger partial charge < -0.3 is 10.3 Å². The monoisotopic (exact) mass is 294 g/mol. The molecular weight excluding hydrogens is 276 g/mol. The van der Waals surface area contributed by atoms with E-state index in [1.165, 1.54) is 4.31 Å². The van der Waals surface area contributed by atoms with Crippen molar-refractivity contribution < 1.29 is 8.42 Å². The van der Waals surface area contributed by atoms with Crippen molar-refractivity contribution in [3.8, 4) is 0 Å². The van der Waals surface area contributed by atoms with Crippen LogP contribution in [0.5, 0.6) is 0 Å². The van der Waals surface area contributed by atoms with Crippen LogP contribution in [-0.2, 0) is 16.6 Å². The number of nitrogens with two attached hydrogens (primary N) is 1. The average Bonchev–Trinajstić information content (AvgIpc) is 2.85. The topological polar surface area (TPSA) is 81.2 Å². The van der Waals surface area contributed by atoms with E-state index in [1.807, 2.05) is 11.5 Å². The molecule has 0 amide bonds. The number of halogens is 1. The number of aryl methyl sites for hydroxylation is 2. The van der Waals surface area contributed by atoms with Crippen LogP contribution < -0.4 is 5.73 Å². The number of hydrogen-bond acceptors (Lipinski definition) is 4. The fourth-order valence-electron chi connectivity index (χ4n) is 2.03. The molecule has 0 aromatic carbocycles. The Hall–Kier alpha value is -0.630.